The summed E-state index contributed by atoms with van der Waals surface area (Å²) in [6, 6.07) is 0.654. The zero-order valence-corrected chi connectivity index (χ0v) is 12.0. The molecule has 1 saturated carbocycles. The second kappa shape index (κ2) is 4.70. The second-order valence-corrected chi connectivity index (χ2v) is 6.43. The molecule has 2 fully saturated rings. The zero-order valence-electron chi connectivity index (χ0n) is 11.2. The molecule has 0 unspecified atom stereocenters. The van der Waals surface area contributed by atoms with Crippen molar-refractivity contribution < 1.29 is 0 Å². The molecule has 0 bridgehead atoms. The number of anilines is 2. The van der Waals surface area contributed by atoms with Gasteiger partial charge in [-0.05, 0) is 44.1 Å². The summed E-state index contributed by atoms with van der Waals surface area (Å²) in [5.41, 5.74) is 7.37. The quantitative estimate of drug-likeness (QED) is 0.910. The Morgan fingerprint density at radius 3 is 2.44 bits per heavy atom. The smallest absolute Gasteiger partial charge is 0.142 e. The van der Waals surface area contributed by atoms with E-state index in [0.29, 0.717) is 12.0 Å². The van der Waals surface area contributed by atoms with Gasteiger partial charge in [0, 0.05) is 37.8 Å². The third-order valence-corrected chi connectivity index (χ3v) is 4.99. The minimum Gasteiger partial charge on any atom is -0.383 e. The summed E-state index contributed by atoms with van der Waals surface area (Å²) in [6.07, 6.45) is 2.59. The van der Waals surface area contributed by atoms with E-state index < -0.39 is 0 Å². The van der Waals surface area contributed by atoms with Gasteiger partial charge in [-0.15, -0.1) is 0 Å². The van der Waals surface area contributed by atoms with Gasteiger partial charge in [0.1, 0.15) is 10.8 Å². The van der Waals surface area contributed by atoms with Gasteiger partial charge >= 0.3 is 0 Å². The first-order valence-corrected chi connectivity index (χ1v) is 7.68. The molecule has 0 spiro atoms. The molecule has 2 N–H and O–H groups in total. The van der Waals surface area contributed by atoms with E-state index in [0.717, 1.165) is 32.0 Å². The van der Waals surface area contributed by atoms with E-state index in [2.05, 4.69) is 28.0 Å². The van der Waals surface area contributed by atoms with Crippen LogP contribution in [-0.4, -0.2) is 41.5 Å². The van der Waals surface area contributed by atoms with Crippen LogP contribution >= 0.6 is 11.5 Å². The van der Waals surface area contributed by atoms with E-state index >= 15 is 0 Å². The van der Waals surface area contributed by atoms with Crippen molar-refractivity contribution in [3.05, 3.63) is 5.56 Å². The molecule has 100 valence electrons. The van der Waals surface area contributed by atoms with Gasteiger partial charge in [-0.3, -0.25) is 4.90 Å². The van der Waals surface area contributed by atoms with Crippen LogP contribution in [0.1, 0.15) is 38.2 Å². The van der Waals surface area contributed by atoms with Crippen molar-refractivity contribution in [2.24, 2.45) is 0 Å². The Balaban J connectivity index is 1.73. The van der Waals surface area contributed by atoms with Gasteiger partial charge < -0.3 is 10.6 Å². The number of nitrogens with zero attached hydrogens (tertiary/aromatic N) is 3. The molecule has 1 aliphatic carbocycles. The molecule has 0 atom stereocenters. The fourth-order valence-electron chi connectivity index (χ4n) is 2.73. The molecule has 3 rings (SSSR count). The van der Waals surface area contributed by atoms with E-state index in [-0.39, 0.29) is 0 Å². The number of hydrogen-bond acceptors (Lipinski definition) is 5. The van der Waals surface area contributed by atoms with Crippen molar-refractivity contribution in [1.29, 1.82) is 0 Å². The molecule has 4 nitrogen and oxygen atoms in total. The Labute approximate surface area is 113 Å². The van der Waals surface area contributed by atoms with Crippen LogP contribution in [-0.2, 0) is 0 Å². The Bertz CT molecular complexity index is 417. The van der Waals surface area contributed by atoms with Crippen LogP contribution in [0, 0.1) is 0 Å². The van der Waals surface area contributed by atoms with Crippen LogP contribution in [0.5, 0.6) is 0 Å². The molecule has 0 amide bonds. The van der Waals surface area contributed by atoms with E-state index in [9.17, 15) is 0 Å². The summed E-state index contributed by atoms with van der Waals surface area (Å²) in [4.78, 5) is 5.03. The maximum atomic E-state index is 6.03. The maximum Gasteiger partial charge on any atom is 0.142 e. The van der Waals surface area contributed by atoms with Crippen molar-refractivity contribution in [2.75, 3.05) is 36.8 Å². The fraction of sp³-hybridized carbons (Fsp3) is 0.769. The van der Waals surface area contributed by atoms with Crippen LogP contribution < -0.4 is 10.6 Å². The lowest BCUT2D eigenvalue weighted by Crippen LogP contribution is -2.48. The van der Waals surface area contributed by atoms with E-state index in [4.69, 9.17) is 5.73 Å². The lowest BCUT2D eigenvalue weighted by Gasteiger charge is -2.37. The van der Waals surface area contributed by atoms with Crippen LogP contribution in [0.3, 0.4) is 0 Å². The normalized spacial score (nSPS) is 21.8. The fourth-order valence-corrected chi connectivity index (χ4v) is 3.68. The van der Waals surface area contributed by atoms with E-state index in [1.807, 2.05) is 0 Å². The average molecular weight is 266 g/mol. The van der Waals surface area contributed by atoms with Gasteiger partial charge in [-0.1, -0.05) is 0 Å². The molecule has 1 aromatic rings. The predicted octanol–water partition coefficient (Wildman–Crippen LogP) is 2.13. The second-order valence-electron chi connectivity index (χ2n) is 5.68. The molecule has 1 aliphatic heterocycles. The van der Waals surface area contributed by atoms with Crippen molar-refractivity contribution in [3.63, 3.8) is 0 Å². The molecule has 0 aromatic carbocycles. The minimum atomic E-state index is 0.654. The summed E-state index contributed by atoms with van der Waals surface area (Å²) in [5.74, 6) is 1.48. The summed E-state index contributed by atoms with van der Waals surface area (Å²) in [5, 5.41) is 1.35. The van der Waals surface area contributed by atoms with Crippen LogP contribution in [0.2, 0.25) is 0 Å². The third kappa shape index (κ3) is 2.21. The Kier molecular flexibility index (Phi) is 3.20. The van der Waals surface area contributed by atoms with Crippen molar-refractivity contribution in [3.8, 4) is 0 Å². The lowest BCUT2D eigenvalue weighted by molar-refractivity contribution is 0.209. The van der Waals surface area contributed by atoms with Gasteiger partial charge in [0.05, 0.1) is 0 Å². The van der Waals surface area contributed by atoms with Gasteiger partial charge in [0.25, 0.3) is 0 Å². The highest BCUT2D eigenvalue weighted by molar-refractivity contribution is 7.10. The number of piperazine rings is 1. The maximum absolute atomic E-state index is 6.03. The SMILES string of the molecule is CC(C)N1CCN(c2snc(N)c2C2CC2)CC1. The zero-order chi connectivity index (χ0) is 12.7. The highest BCUT2D eigenvalue weighted by Crippen LogP contribution is 2.48. The first-order valence-electron chi connectivity index (χ1n) is 6.91. The van der Waals surface area contributed by atoms with Crippen molar-refractivity contribution >= 4 is 22.4 Å². The Hall–Kier alpha value is -0.810. The van der Waals surface area contributed by atoms with Crippen LogP contribution in [0.4, 0.5) is 10.8 Å². The highest BCUT2D eigenvalue weighted by Gasteiger charge is 2.33. The molecule has 2 aliphatic rings. The third-order valence-electron chi connectivity index (χ3n) is 4.05. The summed E-state index contributed by atoms with van der Waals surface area (Å²) in [6.45, 7) is 9.07. The van der Waals surface area contributed by atoms with E-state index in [1.165, 1.54) is 23.4 Å². The molecule has 18 heavy (non-hydrogen) atoms. The van der Waals surface area contributed by atoms with Gasteiger partial charge in [-0.2, -0.15) is 4.37 Å². The van der Waals surface area contributed by atoms with Crippen molar-refractivity contribution in [1.82, 2.24) is 9.27 Å². The molecule has 1 aromatic heterocycles. The summed E-state index contributed by atoms with van der Waals surface area (Å²) >= 11 is 1.59. The lowest BCUT2D eigenvalue weighted by atomic mass is 10.2. The Morgan fingerprint density at radius 2 is 1.89 bits per heavy atom. The number of nitrogen functional groups attached to an aromatic ring is 1. The predicted molar refractivity (Wildman–Crippen MR) is 77.4 cm³/mol. The molecular formula is C13H22N4S. The van der Waals surface area contributed by atoms with Crippen molar-refractivity contribution in [2.45, 2.75) is 38.6 Å². The molecule has 2 heterocycles. The van der Waals surface area contributed by atoms with Gasteiger partial charge in [-0.25, -0.2) is 0 Å². The average Bonchev–Trinajstić information content (AvgIpc) is 3.13. The number of rotatable bonds is 3. The summed E-state index contributed by atoms with van der Waals surface area (Å²) in [7, 11) is 0. The molecule has 1 saturated heterocycles. The first-order chi connectivity index (χ1) is 8.66. The largest absolute Gasteiger partial charge is 0.383 e. The number of hydrogen-bond donors (Lipinski definition) is 1. The van der Waals surface area contributed by atoms with E-state index in [1.54, 1.807) is 11.5 Å². The number of aromatic nitrogens is 1. The van der Waals surface area contributed by atoms with Gasteiger partial charge in [0.15, 0.2) is 0 Å². The monoisotopic (exact) mass is 266 g/mol. The Morgan fingerprint density at radius 1 is 1.22 bits per heavy atom. The molecule has 0 radical (unpaired) electrons. The molecule has 5 heteroatoms. The van der Waals surface area contributed by atoms with Gasteiger partial charge in [0.2, 0.25) is 0 Å². The highest BCUT2D eigenvalue weighted by atomic mass is 32.1. The summed E-state index contributed by atoms with van der Waals surface area (Å²) < 4.78 is 4.37. The molecular weight excluding hydrogens is 244 g/mol. The minimum absolute atomic E-state index is 0.654. The first kappa shape index (κ1) is 12.2. The topological polar surface area (TPSA) is 45.4 Å². The van der Waals surface area contributed by atoms with Crippen LogP contribution in [0.15, 0.2) is 0 Å². The number of nitrogens with two attached hydrogens (primary N) is 1. The standard InChI is InChI=1S/C13H22N4S/c1-9(2)16-5-7-17(8-6-16)13-11(10-3-4-10)12(14)15-18-13/h9-10H,3-8H2,1-2H3,(H2,14,15). The van der Waals surface area contributed by atoms with Crippen LogP contribution in [0.25, 0.3) is 0 Å².